The van der Waals surface area contributed by atoms with Crippen LogP contribution in [0.2, 0.25) is 0 Å². The summed E-state index contributed by atoms with van der Waals surface area (Å²) in [5.74, 6) is -0.234. The van der Waals surface area contributed by atoms with Crippen molar-refractivity contribution in [2.45, 2.75) is 71.1 Å². The summed E-state index contributed by atoms with van der Waals surface area (Å²) in [5, 5.41) is 14.1. The Morgan fingerprint density at radius 3 is 2.53 bits per heavy atom. The fourth-order valence-corrected chi connectivity index (χ4v) is 5.02. The molecule has 0 amide bonds. The van der Waals surface area contributed by atoms with Crippen molar-refractivity contribution in [3.8, 4) is 0 Å². The normalized spacial score (nSPS) is 15.7. The Kier molecular flexibility index (Phi) is 10.2. The van der Waals surface area contributed by atoms with E-state index >= 15 is 0 Å². The number of aliphatic hydroxyl groups is 1. The molecule has 2 atom stereocenters. The van der Waals surface area contributed by atoms with Crippen LogP contribution in [0, 0.1) is 11.7 Å². The first-order valence-electron chi connectivity index (χ1n) is 13.0. The summed E-state index contributed by atoms with van der Waals surface area (Å²) in [6.07, 6.45) is 5.65. The standard InChI is InChI=1S/C30H40FNO4/c1-5-28(27-17-25(31)13-11-22(27)12-14-29(34)35-6-2)36-20-26(33)19-32-30(3,4)18-21-15-23-9-7-8-10-24(23)16-21/h7-14,17,21,26,28,32-33H,5-6,15-16,18-20H2,1-4H3/t26-,28-/m1/s1. The van der Waals surface area contributed by atoms with Crippen LogP contribution in [0.1, 0.15) is 68.9 Å². The van der Waals surface area contributed by atoms with E-state index in [1.165, 1.54) is 29.3 Å². The number of halogens is 1. The van der Waals surface area contributed by atoms with Crippen LogP contribution in [0.3, 0.4) is 0 Å². The fourth-order valence-electron chi connectivity index (χ4n) is 5.02. The van der Waals surface area contributed by atoms with E-state index in [1.807, 2.05) is 6.92 Å². The number of carbonyl (C=O) groups is 1. The first-order valence-corrected chi connectivity index (χ1v) is 13.0. The highest BCUT2D eigenvalue weighted by Gasteiger charge is 2.28. The molecule has 0 saturated heterocycles. The van der Waals surface area contributed by atoms with Gasteiger partial charge in [0.2, 0.25) is 0 Å². The number of ether oxygens (including phenoxy) is 2. The van der Waals surface area contributed by atoms with E-state index in [1.54, 1.807) is 19.1 Å². The van der Waals surface area contributed by atoms with E-state index in [-0.39, 0.29) is 24.6 Å². The van der Waals surface area contributed by atoms with E-state index in [0.717, 1.165) is 19.3 Å². The van der Waals surface area contributed by atoms with Crippen LogP contribution in [0.5, 0.6) is 0 Å². The highest BCUT2D eigenvalue weighted by Crippen LogP contribution is 2.32. The Morgan fingerprint density at radius 2 is 1.89 bits per heavy atom. The molecule has 3 rings (SSSR count). The SMILES string of the molecule is CCOC(=O)C=Cc1ccc(F)cc1[C@@H](CC)OC[C@H](O)CNC(C)(C)CC1Cc2ccccc2C1. The molecule has 0 saturated carbocycles. The van der Waals surface area contributed by atoms with Crippen molar-refractivity contribution in [1.29, 1.82) is 0 Å². The Hall–Kier alpha value is -2.54. The second-order valence-electron chi connectivity index (χ2n) is 10.3. The van der Waals surface area contributed by atoms with Gasteiger partial charge in [-0.05, 0) is 92.8 Å². The lowest BCUT2D eigenvalue weighted by atomic mass is 9.88. The number of rotatable bonds is 13. The third kappa shape index (κ3) is 8.26. The predicted octanol–water partition coefficient (Wildman–Crippen LogP) is 5.40. The molecule has 0 bridgehead atoms. The average molecular weight is 498 g/mol. The van der Waals surface area contributed by atoms with Gasteiger partial charge in [0.15, 0.2) is 0 Å². The molecule has 0 spiro atoms. The van der Waals surface area contributed by atoms with Crippen molar-refractivity contribution in [2.75, 3.05) is 19.8 Å². The summed E-state index contributed by atoms with van der Waals surface area (Å²) in [6, 6.07) is 13.0. The number of nitrogens with one attached hydrogen (secondary N) is 1. The molecular weight excluding hydrogens is 457 g/mol. The molecule has 1 aliphatic rings. The van der Waals surface area contributed by atoms with Gasteiger partial charge in [0.25, 0.3) is 0 Å². The van der Waals surface area contributed by atoms with Crippen molar-refractivity contribution in [2.24, 2.45) is 5.92 Å². The summed E-state index contributed by atoms with van der Waals surface area (Å²) in [7, 11) is 0. The van der Waals surface area contributed by atoms with Gasteiger partial charge >= 0.3 is 5.97 Å². The van der Waals surface area contributed by atoms with Crippen LogP contribution >= 0.6 is 0 Å². The van der Waals surface area contributed by atoms with Crippen LogP contribution in [-0.4, -0.2) is 42.5 Å². The van der Waals surface area contributed by atoms with Gasteiger partial charge in [-0.3, -0.25) is 0 Å². The van der Waals surface area contributed by atoms with Crippen LogP contribution in [0.4, 0.5) is 4.39 Å². The molecule has 0 unspecified atom stereocenters. The maximum Gasteiger partial charge on any atom is 0.330 e. The molecule has 2 aromatic carbocycles. The zero-order valence-corrected chi connectivity index (χ0v) is 21.9. The van der Waals surface area contributed by atoms with Crippen LogP contribution in [0.15, 0.2) is 48.5 Å². The molecule has 0 radical (unpaired) electrons. The summed E-state index contributed by atoms with van der Waals surface area (Å²) >= 11 is 0. The van der Waals surface area contributed by atoms with Gasteiger partial charge in [-0.2, -0.15) is 0 Å². The monoisotopic (exact) mass is 497 g/mol. The quantitative estimate of drug-likeness (QED) is 0.286. The van der Waals surface area contributed by atoms with Gasteiger partial charge in [-0.1, -0.05) is 37.3 Å². The number of hydrogen-bond acceptors (Lipinski definition) is 5. The van der Waals surface area contributed by atoms with Gasteiger partial charge in [0.1, 0.15) is 5.82 Å². The summed E-state index contributed by atoms with van der Waals surface area (Å²) in [6.45, 7) is 8.85. The molecule has 2 aromatic rings. The second kappa shape index (κ2) is 13.1. The van der Waals surface area contributed by atoms with Gasteiger partial charge in [0.05, 0.1) is 25.4 Å². The number of aliphatic hydroxyl groups excluding tert-OH is 1. The highest BCUT2D eigenvalue weighted by atomic mass is 19.1. The topological polar surface area (TPSA) is 67.8 Å². The van der Waals surface area contributed by atoms with E-state index < -0.39 is 18.2 Å². The maximum atomic E-state index is 14.0. The number of hydrogen-bond donors (Lipinski definition) is 2. The van der Waals surface area contributed by atoms with E-state index in [0.29, 0.717) is 30.0 Å². The molecule has 196 valence electrons. The Labute approximate surface area is 214 Å². The minimum absolute atomic E-state index is 0.119. The Bertz CT molecular complexity index is 1010. The van der Waals surface area contributed by atoms with Gasteiger partial charge in [-0.15, -0.1) is 0 Å². The molecule has 36 heavy (non-hydrogen) atoms. The molecule has 0 fully saturated rings. The molecule has 5 nitrogen and oxygen atoms in total. The summed E-state index contributed by atoms with van der Waals surface area (Å²) in [5.41, 5.74) is 4.10. The van der Waals surface area contributed by atoms with Crippen molar-refractivity contribution < 1.29 is 23.8 Å². The largest absolute Gasteiger partial charge is 0.463 e. The molecule has 6 heteroatoms. The molecule has 0 heterocycles. The molecular formula is C30H40FNO4. The second-order valence-corrected chi connectivity index (χ2v) is 10.3. The van der Waals surface area contributed by atoms with Gasteiger partial charge in [0, 0.05) is 18.2 Å². The lowest BCUT2D eigenvalue weighted by molar-refractivity contribution is -0.137. The van der Waals surface area contributed by atoms with Gasteiger partial charge < -0.3 is 19.9 Å². The van der Waals surface area contributed by atoms with Crippen molar-refractivity contribution >= 4 is 12.0 Å². The minimum atomic E-state index is -0.703. The number of carbonyl (C=O) groups excluding carboxylic acids is 1. The predicted molar refractivity (Wildman–Crippen MR) is 141 cm³/mol. The number of β-amino-alcohol motifs (C(OH)–C–C–N with tert-alkyl or cyclic N) is 1. The number of fused-ring (bicyclic) bond motifs is 1. The van der Waals surface area contributed by atoms with Crippen molar-refractivity contribution in [1.82, 2.24) is 5.32 Å². The lowest BCUT2D eigenvalue weighted by Gasteiger charge is -2.31. The van der Waals surface area contributed by atoms with E-state index in [4.69, 9.17) is 9.47 Å². The summed E-state index contributed by atoms with van der Waals surface area (Å²) in [4.78, 5) is 11.7. The molecule has 0 aliphatic heterocycles. The third-order valence-electron chi connectivity index (χ3n) is 6.69. The first-order chi connectivity index (χ1) is 17.2. The first kappa shape index (κ1) is 28.0. The van der Waals surface area contributed by atoms with Crippen molar-refractivity contribution in [3.05, 3.63) is 76.6 Å². The van der Waals surface area contributed by atoms with E-state index in [2.05, 4.69) is 43.4 Å². The maximum absolute atomic E-state index is 14.0. The zero-order valence-electron chi connectivity index (χ0n) is 21.9. The fraction of sp³-hybridized carbons (Fsp3) is 0.500. The lowest BCUT2D eigenvalue weighted by Crippen LogP contribution is -2.45. The Balaban J connectivity index is 1.52. The van der Waals surface area contributed by atoms with E-state index in [9.17, 15) is 14.3 Å². The zero-order chi connectivity index (χ0) is 26.1. The minimum Gasteiger partial charge on any atom is -0.463 e. The summed E-state index contributed by atoms with van der Waals surface area (Å²) < 4.78 is 25.0. The Morgan fingerprint density at radius 1 is 1.19 bits per heavy atom. The van der Waals surface area contributed by atoms with Crippen LogP contribution in [0.25, 0.3) is 6.08 Å². The highest BCUT2D eigenvalue weighted by molar-refractivity contribution is 5.87. The number of benzene rings is 2. The van der Waals surface area contributed by atoms with Crippen LogP contribution in [-0.2, 0) is 27.1 Å². The molecule has 2 N–H and O–H groups in total. The van der Waals surface area contributed by atoms with Crippen molar-refractivity contribution in [3.63, 3.8) is 0 Å². The third-order valence-corrected chi connectivity index (χ3v) is 6.69. The van der Waals surface area contributed by atoms with Gasteiger partial charge in [-0.25, -0.2) is 9.18 Å². The average Bonchev–Trinajstić information content (AvgIpc) is 3.24. The smallest absolute Gasteiger partial charge is 0.330 e. The number of esters is 1. The molecule has 0 aromatic heterocycles. The van der Waals surface area contributed by atoms with Crippen LogP contribution < -0.4 is 5.32 Å². The molecule has 1 aliphatic carbocycles.